The lowest BCUT2D eigenvalue weighted by molar-refractivity contribution is 0.102. The molecule has 0 bridgehead atoms. The Morgan fingerprint density at radius 3 is 2.48 bits per heavy atom. The highest BCUT2D eigenvalue weighted by molar-refractivity contribution is 6.04. The number of carbonyl (C=O) groups excluding carboxylic acids is 1. The Balaban J connectivity index is 1.67. The van der Waals surface area contributed by atoms with Crippen molar-refractivity contribution in [3.05, 3.63) is 47.9 Å². The van der Waals surface area contributed by atoms with E-state index < -0.39 is 0 Å². The van der Waals surface area contributed by atoms with E-state index in [1.54, 1.807) is 13.0 Å². The van der Waals surface area contributed by atoms with Crippen molar-refractivity contribution in [3.63, 3.8) is 0 Å². The second kappa shape index (κ2) is 6.01. The molecule has 5 heteroatoms. The molecule has 21 heavy (non-hydrogen) atoms. The molecule has 1 fully saturated rings. The van der Waals surface area contributed by atoms with Crippen LogP contribution in [0.4, 0.5) is 11.4 Å². The van der Waals surface area contributed by atoms with Gasteiger partial charge in [0.05, 0.1) is 25.0 Å². The average molecular weight is 286 g/mol. The highest BCUT2D eigenvalue weighted by atomic mass is 16.5. The molecule has 110 valence electrons. The number of nitrogens with zero attached hydrogens (tertiary/aromatic N) is 1. The topological polar surface area (TPSA) is 54.7 Å². The summed E-state index contributed by atoms with van der Waals surface area (Å²) in [4.78, 5) is 14.4. The predicted molar refractivity (Wildman–Crippen MR) is 80.9 cm³/mol. The summed E-state index contributed by atoms with van der Waals surface area (Å²) in [6, 6.07) is 9.54. The average Bonchev–Trinajstić information content (AvgIpc) is 2.95. The van der Waals surface area contributed by atoms with E-state index in [-0.39, 0.29) is 5.91 Å². The Morgan fingerprint density at radius 1 is 1.14 bits per heavy atom. The van der Waals surface area contributed by atoms with E-state index in [2.05, 4.69) is 10.2 Å². The lowest BCUT2D eigenvalue weighted by Crippen LogP contribution is -2.36. The molecule has 0 spiro atoms. The number of anilines is 2. The maximum absolute atomic E-state index is 12.1. The van der Waals surface area contributed by atoms with Gasteiger partial charge in [0.2, 0.25) is 0 Å². The maximum atomic E-state index is 12.1. The zero-order chi connectivity index (χ0) is 14.7. The number of aryl methyl sites for hydroxylation is 1. The van der Waals surface area contributed by atoms with Gasteiger partial charge in [0.15, 0.2) is 0 Å². The Kier molecular flexibility index (Phi) is 3.92. The Bertz CT molecular complexity index is 613. The number of benzene rings is 1. The van der Waals surface area contributed by atoms with Crippen molar-refractivity contribution in [2.45, 2.75) is 6.92 Å². The molecule has 3 rings (SSSR count). The standard InChI is InChI=1S/C16H18N2O3/c1-12-15(6-9-21-12)16(19)17-13-2-4-14(5-3-13)18-7-10-20-11-8-18/h2-6,9H,7-8,10-11H2,1H3,(H,17,19). The highest BCUT2D eigenvalue weighted by Gasteiger charge is 2.13. The molecule has 0 unspecified atom stereocenters. The normalized spacial score (nSPS) is 15.0. The van der Waals surface area contributed by atoms with E-state index in [0.29, 0.717) is 11.3 Å². The third-order valence-electron chi connectivity index (χ3n) is 3.60. The van der Waals surface area contributed by atoms with Gasteiger partial charge >= 0.3 is 0 Å². The van der Waals surface area contributed by atoms with Crippen molar-refractivity contribution in [1.82, 2.24) is 0 Å². The van der Waals surface area contributed by atoms with Crippen LogP contribution in [0.3, 0.4) is 0 Å². The number of morpholine rings is 1. The SMILES string of the molecule is Cc1occc1C(=O)Nc1ccc(N2CCOCC2)cc1. The molecule has 0 atom stereocenters. The Hall–Kier alpha value is -2.27. The van der Waals surface area contributed by atoms with Gasteiger partial charge in [-0.25, -0.2) is 0 Å². The molecule has 0 aliphatic carbocycles. The summed E-state index contributed by atoms with van der Waals surface area (Å²) < 4.78 is 10.5. The molecular formula is C16H18N2O3. The number of nitrogens with one attached hydrogen (secondary N) is 1. The number of rotatable bonds is 3. The van der Waals surface area contributed by atoms with Gasteiger partial charge in [-0.3, -0.25) is 4.79 Å². The van der Waals surface area contributed by atoms with Gasteiger partial charge in [-0.05, 0) is 37.3 Å². The first-order valence-electron chi connectivity index (χ1n) is 7.02. The molecule has 1 saturated heterocycles. The van der Waals surface area contributed by atoms with E-state index in [9.17, 15) is 4.79 Å². The van der Waals surface area contributed by atoms with E-state index in [1.807, 2.05) is 24.3 Å². The van der Waals surface area contributed by atoms with Gasteiger partial charge in [-0.1, -0.05) is 0 Å². The molecule has 1 aromatic carbocycles. The minimum Gasteiger partial charge on any atom is -0.469 e. The van der Waals surface area contributed by atoms with Crippen molar-refractivity contribution in [2.24, 2.45) is 0 Å². The van der Waals surface area contributed by atoms with Crippen LogP contribution in [0.15, 0.2) is 41.0 Å². The molecule has 0 saturated carbocycles. The zero-order valence-electron chi connectivity index (χ0n) is 12.0. The van der Waals surface area contributed by atoms with E-state index >= 15 is 0 Å². The fourth-order valence-electron chi connectivity index (χ4n) is 2.40. The summed E-state index contributed by atoms with van der Waals surface area (Å²) in [5.41, 5.74) is 2.49. The summed E-state index contributed by atoms with van der Waals surface area (Å²) in [7, 11) is 0. The smallest absolute Gasteiger partial charge is 0.259 e. The minimum absolute atomic E-state index is 0.152. The van der Waals surface area contributed by atoms with Crippen LogP contribution in [0.25, 0.3) is 0 Å². The fourth-order valence-corrected chi connectivity index (χ4v) is 2.40. The van der Waals surface area contributed by atoms with Crippen LogP contribution in [0.1, 0.15) is 16.1 Å². The lowest BCUT2D eigenvalue weighted by atomic mass is 10.2. The Labute approximate surface area is 123 Å². The van der Waals surface area contributed by atoms with Crippen LogP contribution >= 0.6 is 0 Å². The number of ether oxygens (including phenoxy) is 1. The van der Waals surface area contributed by atoms with Gasteiger partial charge < -0.3 is 19.4 Å². The van der Waals surface area contributed by atoms with Crippen molar-refractivity contribution in [2.75, 3.05) is 36.5 Å². The molecule has 2 heterocycles. The number of amides is 1. The van der Waals surface area contributed by atoms with Gasteiger partial charge in [-0.2, -0.15) is 0 Å². The first-order chi connectivity index (χ1) is 10.2. The van der Waals surface area contributed by atoms with E-state index in [0.717, 1.165) is 37.7 Å². The number of hydrogen-bond acceptors (Lipinski definition) is 4. The first-order valence-corrected chi connectivity index (χ1v) is 7.02. The monoisotopic (exact) mass is 286 g/mol. The molecule has 0 radical (unpaired) electrons. The van der Waals surface area contributed by atoms with Crippen LogP contribution in [-0.4, -0.2) is 32.2 Å². The number of carbonyl (C=O) groups is 1. The Morgan fingerprint density at radius 2 is 1.86 bits per heavy atom. The number of hydrogen-bond donors (Lipinski definition) is 1. The van der Waals surface area contributed by atoms with Crippen LogP contribution in [0, 0.1) is 6.92 Å². The second-order valence-electron chi connectivity index (χ2n) is 4.99. The maximum Gasteiger partial charge on any atom is 0.259 e. The molecule has 1 N–H and O–H groups in total. The quantitative estimate of drug-likeness (QED) is 0.942. The fraction of sp³-hybridized carbons (Fsp3) is 0.312. The van der Waals surface area contributed by atoms with Gasteiger partial charge in [0, 0.05) is 24.5 Å². The van der Waals surface area contributed by atoms with Gasteiger partial charge in [-0.15, -0.1) is 0 Å². The van der Waals surface area contributed by atoms with Gasteiger partial charge in [0.1, 0.15) is 5.76 Å². The molecular weight excluding hydrogens is 268 g/mol. The van der Waals surface area contributed by atoms with Crippen LogP contribution in [-0.2, 0) is 4.74 Å². The molecule has 1 amide bonds. The van der Waals surface area contributed by atoms with Crippen LogP contribution in [0.5, 0.6) is 0 Å². The van der Waals surface area contributed by atoms with E-state index in [4.69, 9.17) is 9.15 Å². The largest absolute Gasteiger partial charge is 0.469 e. The summed E-state index contributed by atoms with van der Waals surface area (Å²) in [5, 5.41) is 2.87. The molecule has 1 aliphatic heterocycles. The predicted octanol–water partition coefficient (Wildman–Crippen LogP) is 2.68. The number of furan rings is 1. The second-order valence-corrected chi connectivity index (χ2v) is 4.99. The third kappa shape index (κ3) is 3.08. The van der Waals surface area contributed by atoms with Crippen molar-refractivity contribution >= 4 is 17.3 Å². The summed E-state index contributed by atoms with van der Waals surface area (Å²) in [6.07, 6.45) is 1.52. The minimum atomic E-state index is -0.152. The third-order valence-corrected chi connectivity index (χ3v) is 3.60. The van der Waals surface area contributed by atoms with Crippen LogP contribution in [0.2, 0.25) is 0 Å². The first kappa shape index (κ1) is 13.7. The molecule has 5 nitrogen and oxygen atoms in total. The zero-order valence-corrected chi connectivity index (χ0v) is 12.0. The van der Waals surface area contributed by atoms with Gasteiger partial charge in [0.25, 0.3) is 5.91 Å². The van der Waals surface area contributed by atoms with Crippen molar-refractivity contribution in [1.29, 1.82) is 0 Å². The lowest BCUT2D eigenvalue weighted by Gasteiger charge is -2.28. The van der Waals surface area contributed by atoms with Crippen molar-refractivity contribution < 1.29 is 13.9 Å². The van der Waals surface area contributed by atoms with Crippen LogP contribution < -0.4 is 10.2 Å². The summed E-state index contributed by atoms with van der Waals surface area (Å²) >= 11 is 0. The van der Waals surface area contributed by atoms with E-state index in [1.165, 1.54) is 6.26 Å². The summed E-state index contributed by atoms with van der Waals surface area (Å²) in [6.45, 7) is 5.10. The van der Waals surface area contributed by atoms with Crippen molar-refractivity contribution in [3.8, 4) is 0 Å². The molecule has 1 aliphatic rings. The summed E-state index contributed by atoms with van der Waals surface area (Å²) in [5.74, 6) is 0.470. The highest BCUT2D eigenvalue weighted by Crippen LogP contribution is 2.20. The molecule has 1 aromatic heterocycles. The molecule has 2 aromatic rings.